The fourth-order valence-electron chi connectivity index (χ4n) is 3.27. The second-order valence-corrected chi connectivity index (χ2v) is 7.59. The highest BCUT2D eigenvalue weighted by atomic mass is 35.5. The third-order valence-corrected chi connectivity index (χ3v) is 5.36. The molecule has 0 spiro atoms. The normalized spacial score (nSPS) is 19.5. The summed E-state index contributed by atoms with van der Waals surface area (Å²) in [5.41, 5.74) is 1.58. The van der Waals surface area contributed by atoms with Gasteiger partial charge >= 0.3 is 0 Å². The van der Waals surface area contributed by atoms with Crippen molar-refractivity contribution in [3.63, 3.8) is 0 Å². The number of aliphatic hydroxyl groups excluding tert-OH is 1. The van der Waals surface area contributed by atoms with Gasteiger partial charge in [-0.15, -0.1) is 0 Å². The molecule has 1 amide bonds. The number of carbonyl (C=O) groups excluding carboxylic acids is 2. The van der Waals surface area contributed by atoms with Crippen LogP contribution in [-0.2, 0) is 22.4 Å². The summed E-state index contributed by atoms with van der Waals surface area (Å²) in [5, 5.41) is 14.6. The molecule has 1 aliphatic heterocycles. The number of hydrogen-bond donors (Lipinski definition) is 1. The van der Waals surface area contributed by atoms with Gasteiger partial charge in [-0.05, 0) is 31.0 Å². The summed E-state index contributed by atoms with van der Waals surface area (Å²) in [4.78, 5) is 26.7. The van der Waals surface area contributed by atoms with Gasteiger partial charge in [-0.1, -0.05) is 34.4 Å². The number of hydrogen-bond acceptors (Lipinski definition) is 5. The van der Waals surface area contributed by atoms with Gasteiger partial charge in [0.15, 0.2) is 5.78 Å². The topological polar surface area (TPSA) is 83.6 Å². The van der Waals surface area contributed by atoms with E-state index in [1.165, 1.54) is 4.90 Å². The zero-order valence-corrected chi connectivity index (χ0v) is 16.3. The minimum absolute atomic E-state index is 0.0180. The first-order valence-corrected chi connectivity index (χ1v) is 9.45. The van der Waals surface area contributed by atoms with Crippen molar-refractivity contribution in [2.45, 2.75) is 44.8 Å². The average molecular weight is 411 g/mol. The van der Waals surface area contributed by atoms with Gasteiger partial charge in [0.2, 0.25) is 5.91 Å². The molecule has 2 atom stereocenters. The zero-order chi connectivity index (χ0) is 19.6. The summed E-state index contributed by atoms with van der Waals surface area (Å²) in [6.07, 6.45) is 0.307. The minimum atomic E-state index is -0.704. The van der Waals surface area contributed by atoms with Crippen molar-refractivity contribution in [2.24, 2.45) is 0 Å². The van der Waals surface area contributed by atoms with E-state index in [-0.39, 0.29) is 37.5 Å². The molecule has 3 rings (SSSR count). The van der Waals surface area contributed by atoms with Crippen LogP contribution in [0.1, 0.15) is 29.9 Å². The summed E-state index contributed by atoms with van der Waals surface area (Å²) < 4.78 is 5.08. The van der Waals surface area contributed by atoms with E-state index >= 15 is 0 Å². The monoisotopic (exact) mass is 410 g/mol. The van der Waals surface area contributed by atoms with Crippen molar-refractivity contribution in [1.82, 2.24) is 10.1 Å². The summed E-state index contributed by atoms with van der Waals surface area (Å²) >= 11 is 11.9. The van der Waals surface area contributed by atoms with Crippen LogP contribution in [-0.4, -0.2) is 45.5 Å². The molecule has 8 heteroatoms. The van der Waals surface area contributed by atoms with Gasteiger partial charge in [-0.3, -0.25) is 9.59 Å². The van der Waals surface area contributed by atoms with E-state index < -0.39 is 12.1 Å². The minimum Gasteiger partial charge on any atom is -0.391 e. The fourth-order valence-corrected chi connectivity index (χ4v) is 3.59. The Morgan fingerprint density at radius 1 is 1.30 bits per heavy atom. The van der Waals surface area contributed by atoms with E-state index in [4.69, 9.17) is 27.7 Å². The highest BCUT2D eigenvalue weighted by molar-refractivity contribution is 6.42. The lowest BCUT2D eigenvalue weighted by Crippen LogP contribution is -2.41. The first kappa shape index (κ1) is 19.9. The van der Waals surface area contributed by atoms with E-state index in [0.29, 0.717) is 27.9 Å². The Labute approximate surface area is 167 Å². The van der Waals surface area contributed by atoms with Crippen molar-refractivity contribution in [3.8, 4) is 0 Å². The molecule has 1 aromatic carbocycles. The molecule has 2 aromatic rings. The standard InChI is InChI=1S/C19H20Cl2N2O4/c1-11-6-14(27-22-11)9-19(26)23-10-13(24)8-17(23)18(25)5-3-12-2-4-15(20)16(21)7-12/h2,4,6-7,13,17,24H,3,5,8-10H2,1H3/t13-,17+/m1/s1. The van der Waals surface area contributed by atoms with Gasteiger partial charge in [0.1, 0.15) is 5.76 Å². The third kappa shape index (κ3) is 4.89. The number of aromatic nitrogens is 1. The first-order chi connectivity index (χ1) is 12.8. The number of nitrogens with zero attached hydrogens (tertiary/aromatic N) is 2. The molecule has 1 N–H and O–H groups in total. The number of aryl methyl sites for hydroxylation is 2. The van der Waals surface area contributed by atoms with Gasteiger partial charge in [0.05, 0.1) is 34.3 Å². The van der Waals surface area contributed by atoms with E-state index in [1.807, 2.05) is 6.07 Å². The molecule has 0 radical (unpaired) electrons. The SMILES string of the molecule is Cc1cc(CC(=O)N2C[C@H](O)C[C@H]2C(=O)CCc2ccc(Cl)c(Cl)c2)on1. The first-order valence-electron chi connectivity index (χ1n) is 8.70. The molecule has 27 heavy (non-hydrogen) atoms. The number of aliphatic hydroxyl groups is 1. The molecule has 1 aromatic heterocycles. The highest BCUT2D eigenvalue weighted by Crippen LogP contribution is 2.25. The lowest BCUT2D eigenvalue weighted by Gasteiger charge is -2.23. The van der Waals surface area contributed by atoms with Gasteiger partial charge < -0.3 is 14.5 Å². The van der Waals surface area contributed by atoms with Crippen LogP contribution in [0.2, 0.25) is 10.0 Å². The summed E-state index contributed by atoms with van der Waals surface area (Å²) in [5.74, 6) is 0.108. The second-order valence-electron chi connectivity index (χ2n) is 6.78. The maximum atomic E-state index is 12.7. The van der Waals surface area contributed by atoms with Gasteiger partial charge in [-0.25, -0.2) is 0 Å². The number of Topliss-reactive ketones (excluding diaryl/α,β-unsaturated/α-hetero) is 1. The summed E-state index contributed by atoms with van der Waals surface area (Å²) in [6.45, 7) is 1.92. The quantitative estimate of drug-likeness (QED) is 0.790. The second kappa shape index (κ2) is 8.42. The van der Waals surface area contributed by atoms with Crippen molar-refractivity contribution in [2.75, 3.05) is 6.54 Å². The number of amides is 1. The average Bonchev–Trinajstić information content (AvgIpc) is 3.21. The predicted octanol–water partition coefficient (Wildman–Crippen LogP) is 3.00. The molecule has 0 aliphatic carbocycles. The Morgan fingerprint density at radius 3 is 2.74 bits per heavy atom. The number of ketones is 1. The number of rotatable bonds is 6. The number of likely N-dealkylation sites (tertiary alicyclic amines) is 1. The smallest absolute Gasteiger partial charge is 0.231 e. The Kier molecular flexibility index (Phi) is 6.19. The number of halogens is 2. The third-order valence-electron chi connectivity index (χ3n) is 4.62. The maximum absolute atomic E-state index is 12.7. The van der Waals surface area contributed by atoms with Crippen LogP contribution in [0.5, 0.6) is 0 Å². The Hall–Kier alpha value is -1.89. The van der Waals surface area contributed by atoms with Crippen LogP contribution in [0.25, 0.3) is 0 Å². The maximum Gasteiger partial charge on any atom is 0.231 e. The van der Waals surface area contributed by atoms with E-state index in [1.54, 1.807) is 25.1 Å². The number of β-amino-alcohol motifs (C(OH)–C–C–N with tert-alkyl or cyclic N) is 1. The molecule has 1 saturated heterocycles. The van der Waals surface area contributed by atoms with Crippen molar-refractivity contribution < 1.29 is 19.2 Å². The zero-order valence-electron chi connectivity index (χ0n) is 14.8. The van der Waals surface area contributed by atoms with Gasteiger partial charge in [-0.2, -0.15) is 0 Å². The van der Waals surface area contributed by atoms with Crippen molar-refractivity contribution >= 4 is 34.9 Å². The number of carbonyl (C=O) groups is 2. The Morgan fingerprint density at radius 2 is 2.07 bits per heavy atom. The van der Waals surface area contributed by atoms with Crippen LogP contribution < -0.4 is 0 Å². The van der Waals surface area contributed by atoms with Crippen molar-refractivity contribution in [1.29, 1.82) is 0 Å². The van der Waals surface area contributed by atoms with E-state index in [2.05, 4.69) is 5.16 Å². The molecule has 144 valence electrons. The lowest BCUT2D eigenvalue weighted by molar-refractivity contribution is -0.137. The molecule has 1 aliphatic rings. The lowest BCUT2D eigenvalue weighted by atomic mass is 10.0. The van der Waals surface area contributed by atoms with Crippen LogP contribution >= 0.6 is 23.2 Å². The molecular weight excluding hydrogens is 391 g/mol. The largest absolute Gasteiger partial charge is 0.391 e. The fraction of sp³-hybridized carbons (Fsp3) is 0.421. The van der Waals surface area contributed by atoms with Crippen LogP contribution in [0, 0.1) is 6.92 Å². The van der Waals surface area contributed by atoms with Crippen LogP contribution in [0.3, 0.4) is 0 Å². The van der Waals surface area contributed by atoms with Gasteiger partial charge in [0.25, 0.3) is 0 Å². The van der Waals surface area contributed by atoms with Crippen LogP contribution in [0.15, 0.2) is 28.8 Å². The number of benzene rings is 1. The molecule has 2 heterocycles. The highest BCUT2D eigenvalue weighted by Gasteiger charge is 2.38. The molecule has 1 fully saturated rings. The van der Waals surface area contributed by atoms with Gasteiger partial charge in [0, 0.05) is 25.5 Å². The predicted molar refractivity (Wildman–Crippen MR) is 101 cm³/mol. The van der Waals surface area contributed by atoms with Crippen LogP contribution in [0.4, 0.5) is 0 Å². The molecule has 0 unspecified atom stereocenters. The Balaban J connectivity index is 1.62. The van der Waals surface area contributed by atoms with E-state index in [9.17, 15) is 14.7 Å². The molecular formula is C19H20Cl2N2O4. The molecule has 6 nitrogen and oxygen atoms in total. The summed E-state index contributed by atoms with van der Waals surface area (Å²) in [6, 6.07) is 6.30. The molecule has 0 bridgehead atoms. The van der Waals surface area contributed by atoms with E-state index in [0.717, 1.165) is 5.56 Å². The Bertz CT molecular complexity index is 852. The van der Waals surface area contributed by atoms with Crippen molar-refractivity contribution in [3.05, 3.63) is 51.3 Å². The summed E-state index contributed by atoms with van der Waals surface area (Å²) in [7, 11) is 0. The molecule has 0 saturated carbocycles.